The van der Waals surface area contributed by atoms with Gasteiger partial charge in [0.05, 0.1) is 5.69 Å². The van der Waals surface area contributed by atoms with Crippen LogP contribution in [0.15, 0.2) is 42.9 Å². The molecule has 1 N–H and O–H groups in total. The zero-order valence-electron chi connectivity index (χ0n) is 14.4. The second kappa shape index (κ2) is 7.82. The normalized spacial score (nSPS) is 15.7. The maximum absolute atomic E-state index is 6.30. The quantitative estimate of drug-likeness (QED) is 0.714. The molecule has 1 aliphatic rings. The second-order valence-corrected chi connectivity index (χ2v) is 7.48. The van der Waals surface area contributed by atoms with Crippen LogP contribution in [0.1, 0.15) is 18.5 Å². The lowest BCUT2D eigenvalue weighted by atomic mass is 9.96. The van der Waals surface area contributed by atoms with Crippen molar-refractivity contribution < 1.29 is 0 Å². The van der Waals surface area contributed by atoms with E-state index >= 15 is 0 Å². The lowest BCUT2D eigenvalue weighted by molar-refractivity contribution is 0.381. The SMILES string of the molecule is Clc1ccn2c(CNCC3CCN(c4ccncc4)CC3)c(Cl)nc2c1. The van der Waals surface area contributed by atoms with Crippen molar-refractivity contribution in [2.24, 2.45) is 5.92 Å². The molecule has 0 bridgehead atoms. The van der Waals surface area contributed by atoms with Crippen molar-refractivity contribution in [3.05, 3.63) is 58.7 Å². The Hall–Kier alpha value is -1.82. The van der Waals surface area contributed by atoms with E-state index in [2.05, 4.69) is 32.3 Å². The Labute approximate surface area is 163 Å². The molecule has 1 aliphatic heterocycles. The van der Waals surface area contributed by atoms with Crippen molar-refractivity contribution in [3.63, 3.8) is 0 Å². The van der Waals surface area contributed by atoms with Crippen LogP contribution in [0.4, 0.5) is 5.69 Å². The second-order valence-electron chi connectivity index (χ2n) is 6.69. The van der Waals surface area contributed by atoms with Gasteiger partial charge in [-0.1, -0.05) is 23.2 Å². The number of anilines is 1. The average molecular weight is 390 g/mol. The largest absolute Gasteiger partial charge is 0.371 e. The van der Waals surface area contributed by atoms with Gasteiger partial charge in [-0.2, -0.15) is 0 Å². The van der Waals surface area contributed by atoms with Gasteiger partial charge in [0.2, 0.25) is 0 Å². The molecular formula is C19H21Cl2N5. The summed E-state index contributed by atoms with van der Waals surface area (Å²) in [5.41, 5.74) is 3.03. The first-order valence-electron chi connectivity index (χ1n) is 8.88. The van der Waals surface area contributed by atoms with E-state index in [1.54, 1.807) is 0 Å². The lowest BCUT2D eigenvalue weighted by Gasteiger charge is -2.33. The molecule has 4 heterocycles. The van der Waals surface area contributed by atoms with E-state index in [9.17, 15) is 0 Å². The summed E-state index contributed by atoms with van der Waals surface area (Å²) in [7, 11) is 0. The maximum Gasteiger partial charge on any atom is 0.152 e. The smallest absolute Gasteiger partial charge is 0.152 e. The third-order valence-electron chi connectivity index (χ3n) is 5.01. The molecule has 0 radical (unpaired) electrons. The van der Waals surface area contributed by atoms with Gasteiger partial charge in [-0.05, 0) is 43.5 Å². The van der Waals surface area contributed by atoms with Gasteiger partial charge in [-0.15, -0.1) is 0 Å². The summed E-state index contributed by atoms with van der Waals surface area (Å²) >= 11 is 12.3. The Kier molecular flexibility index (Phi) is 5.29. The molecule has 0 spiro atoms. The third kappa shape index (κ3) is 3.80. The van der Waals surface area contributed by atoms with Crippen LogP contribution in [0.5, 0.6) is 0 Å². The number of pyridine rings is 2. The number of halogens is 2. The lowest BCUT2D eigenvalue weighted by Crippen LogP contribution is -2.37. The Morgan fingerprint density at radius 1 is 1.12 bits per heavy atom. The van der Waals surface area contributed by atoms with Crippen LogP contribution in [0.25, 0.3) is 5.65 Å². The topological polar surface area (TPSA) is 45.5 Å². The fraction of sp³-hybridized carbons (Fsp3) is 0.368. The van der Waals surface area contributed by atoms with Crippen LogP contribution in [-0.2, 0) is 6.54 Å². The van der Waals surface area contributed by atoms with Crippen LogP contribution >= 0.6 is 23.2 Å². The number of nitrogens with zero attached hydrogens (tertiary/aromatic N) is 4. The molecule has 0 unspecified atom stereocenters. The first-order chi connectivity index (χ1) is 12.7. The number of hydrogen-bond donors (Lipinski definition) is 1. The van der Waals surface area contributed by atoms with E-state index in [-0.39, 0.29) is 0 Å². The van der Waals surface area contributed by atoms with E-state index in [0.717, 1.165) is 31.0 Å². The summed E-state index contributed by atoms with van der Waals surface area (Å²) < 4.78 is 1.99. The fourth-order valence-corrected chi connectivity index (χ4v) is 3.94. The highest BCUT2D eigenvalue weighted by Gasteiger charge is 2.19. The van der Waals surface area contributed by atoms with Gasteiger partial charge < -0.3 is 14.6 Å². The summed E-state index contributed by atoms with van der Waals surface area (Å²) in [6.45, 7) is 3.87. The van der Waals surface area contributed by atoms with Crippen LogP contribution < -0.4 is 10.2 Å². The molecule has 136 valence electrons. The Bertz CT molecular complexity index is 872. The third-order valence-corrected chi connectivity index (χ3v) is 5.54. The number of rotatable bonds is 5. The van der Waals surface area contributed by atoms with Gasteiger partial charge in [0.1, 0.15) is 5.65 Å². The highest BCUT2D eigenvalue weighted by Crippen LogP contribution is 2.23. The number of hydrogen-bond acceptors (Lipinski definition) is 4. The highest BCUT2D eigenvalue weighted by atomic mass is 35.5. The zero-order valence-corrected chi connectivity index (χ0v) is 15.9. The van der Waals surface area contributed by atoms with Crippen molar-refractivity contribution in [2.75, 3.05) is 24.5 Å². The van der Waals surface area contributed by atoms with Gasteiger partial charge in [-0.25, -0.2) is 4.98 Å². The van der Waals surface area contributed by atoms with E-state index < -0.39 is 0 Å². The van der Waals surface area contributed by atoms with Crippen molar-refractivity contribution in [1.82, 2.24) is 19.7 Å². The predicted octanol–water partition coefficient (Wildman–Crippen LogP) is 4.04. The minimum absolute atomic E-state index is 0.535. The van der Waals surface area contributed by atoms with Gasteiger partial charge in [0, 0.05) is 55.0 Å². The van der Waals surface area contributed by atoms with E-state index in [4.69, 9.17) is 23.2 Å². The van der Waals surface area contributed by atoms with E-state index in [0.29, 0.717) is 22.6 Å². The van der Waals surface area contributed by atoms with Crippen LogP contribution in [0, 0.1) is 5.92 Å². The van der Waals surface area contributed by atoms with E-state index in [1.807, 2.05) is 35.1 Å². The van der Waals surface area contributed by atoms with Gasteiger partial charge in [0.25, 0.3) is 0 Å². The molecule has 0 atom stereocenters. The number of fused-ring (bicyclic) bond motifs is 1. The van der Waals surface area contributed by atoms with Crippen molar-refractivity contribution in [3.8, 4) is 0 Å². The monoisotopic (exact) mass is 389 g/mol. The molecular weight excluding hydrogens is 369 g/mol. The van der Waals surface area contributed by atoms with Crippen LogP contribution in [0.3, 0.4) is 0 Å². The zero-order chi connectivity index (χ0) is 17.9. The van der Waals surface area contributed by atoms with Crippen molar-refractivity contribution in [2.45, 2.75) is 19.4 Å². The molecule has 0 amide bonds. The summed E-state index contributed by atoms with van der Waals surface area (Å²) in [5, 5.41) is 4.75. The minimum Gasteiger partial charge on any atom is -0.371 e. The first kappa shape index (κ1) is 17.6. The molecule has 5 nitrogen and oxygen atoms in total. The van der Waals surface area contributed by atoms with Gasteiger partial charge in [-0.3, -0.25) is 4.98 Å². The minimum atomic E-state index is 0.535. The molecule has 1 fully saturated rings. The summed E-state index contributed by atoms with van der Waals surface area (Å²) in [6.07, 6.45) is 8.00. The Morgan fingerprint density at radius 2 is 1.88 bits per heavy atom. The Balaban J connectivity index is 1.30. The summed E-state index contributed by atoms with van der Waals surface area (Å²) in [5.74, 6) is 0.681. The van der Waals surface area contributed by atoms with Crippen LogP contribution in [-0.4, -0.2) is 34.0 Å². The highest BCUT2D eigenvalue weighted by molar-refractivity contribution is 6.31. The van der Waals surface area contributed by atoms with Gasteiger partial charge >= 0.3 is 0 Å². The maximum atomic E-state index is 6.30. The molecule has 4 rings (SSSR count). The van der Waals surface area contributed by atoms with Gasteiger partial charge in [0.15, 0.2) is 5.15 Å². The average Bonchev–Trinajstić information content (AvgIpc) is 2.97. The Morgan fingerprint density at radius 3 is 2.65 bits per heavy atom. The number of piperidine rings is 1. The van der Waals surface area contributed by atoms with Crippen molar-refractivity contribution in [1.29, 1.82) is 0 Å². The molecule has 26 heavy (non-hydrogen) atoms. The number of nitrogens with one attached hydrogen (secondary N) is 1. The molecule has 7 heteroatoms. The molecule has 0 saturated carbocycles. The molecule has 3 aromatic heterocycles. The molecule has 3 aromatic rings. The van der Waals surface area contributed by atoms with Crippen LogP contribution in [0.2, 0.25) is 10.2 Å². The predicted molar refractivity (Wildman–Crippen MR) is 106 cm³/mol. The van der Waals surface area contributed by atoms with Crippen molar-refractivity contribution >= 4 is 34.5 Å². The molecule has 1 saturated heterocycles. The fourth-order valence-electron chi connectivity index (χ4n) is 3.54. The molecule has 0 aliphatic carbocycles. The standard InChI is InChI=1S/C19H21Cl2N5/c20-15-5-10-26-17(19(21)24-18(26)11-15)13-23-12-14-3-8-25(9-4-14)16-1-6-22-7-2-16/h1-2,5-7,10-11,14,23H,3-4,8-9,12-13H2. The summed E-state index contributed by atoms with van der Waals surface area (Å²) in [4.78, 5) is 10.9. The van der Waals surface area contributed by atoms with E-state index in [1.165, 1.54) is 18.5 Å². The molecule has 0 aromatic carbocycles. The number of imidazole rings is 1. The number of aromatic nitrogens is 3. The summed E-state index contributed by atoms with van der Waals surface area (Å²) in [6, 6.07) is 7.84. The first-order valence-corrected chi connectivity index (χ1v) is 9.64.